The molecule has 1 aromatic carbocycles. The number of benzene rings is 1. The second-order valence-corrected chi connectivity index (χ2v) is 9.32. The number of hydrogen-bond acceptors (Lipinski definition) is 4. The third-order valence-corrected chi connectivity index (χ3v) is 6.98. The fourth-order valence-electron chi connectivity index (χ4n) is 3.25. The molecule has 0 saturated heterocycles. The molecule has 0 unspecified atom stereocenters. The van der Waals surface area contributed by atoms with E-state index in [9.17, 15) is 17.6 Å². The van der Waals surface area contributed by atoms with Gasteiger partial charge in [0, 0.05) is 12.6 Å². The van der Waals surface area contributed by atoms with E-state index in [1.807, 2.05) is 6.92 Å². The zero-order valence-electron chi connectivity index (χ0n) is 16.4. The molecule has 0 spiro atoms. The van der Waals surface area contributed by atoms with Gasteiger partial charge < -0.3 is 5.32 Å². The van der Waals surface area contributed by atoms with Crippen molar-refractivity contribution in [1.29, 1.82) is 0 Å². The van der Waals surface area contributed by atoms with Crippen LogP contribution in [0.15, 0.2) is 29.1 Å². The van der Waals surface area contributed by atoms with Gasteiger partial charge in [-0.2, -0.15) is 0 Å². The lowest BCUT2D eigenvalue weighted by molar-refractivity contribution is 0.479. The molecule has 0 amide bonds. The van der Waals surface area contributed by atoms with Crippen LogP contribution in [0, 0.1) is 12.7 Å². The average molecular weight is 408 g/mol. The van der Waals surface area contributed by atoms with Crippen LogP contribution in [0.4, 0.5) is 21.6 Å². The SMILES string of the molecule is CCCc1cc(NS(=O)(=O)C2CCC2)c(Nc2ccc(C)cc2F)n(C)c1=O. The van der Waals surface area contributed by atoms with Crippen LogP contribution >= 0.6 is 0 Å². The molecular weight excluding hydrogens is 381 g/mol. The standard InChI is InChI=1S/C20H26FN3O3S/c1-4-6-14-12-18(23-28(26,27)15-7-5-8-15)19(24(3)20(14)25)22-17-10-9-13(2)11-16(17)21/h9-12,15,22-23H,4-8H2,1-3H3. The second-order valence-electron chi connectivity index (χ2n) is 7.35. The maximum absolute atomic E-state index is 14.3. The van der Waals surface area contributed by atoms with Gasteiger partial charge in [-0.3, -0.25) is 14.1 Å². The largest absolute Gasteiger partial charge is 0.337 e. The van der Waals surface area contributed by atoms with Crippen molar-refractivity contribution in [1.82, 2.24) is 4.57 Å². The Morgan fingerprint density at radius 2 is 1.93 bits per heavy atom. The number of hydrogen-bond donors (Lipinski definition) is 2. The van der Waals surface area contributed by atoms with Crippen LogP contribution in [0.1, 0.15) is 43.7 Å². The molecule has 0 radical (unpaired) electrons. The summed E-state index contributed by atoms with van der Waals surface area (Å²) in [5, 5.41) is 2.48. The predicted octanol–water partition coefficient (Wildman–Crippen LogP) is 3.82. The Kier molecular flexibility index (Phi) is 5.79. The molecular formula is C20H26FN3O3S. The van der Waals surface area contributed by atoms with E-state index in [0.29, 0.717) is 24.8 Å². The monoisotopic (exact) mass is 407 g/mol. The van der Waals surface area contributed by atoms with Gasteiger partial charge in [0.1, 0.15) is 11.6 Å². The smallest absolute Gasteiger partial charge is 0.255 e. The Morgan fingerprint density at radius 3 is 2.50 bits per heavy atom. The van der Waals surface area contributed by atoms with Crippen LogP contribution < -0.4 is 15.6 Å². The Balaban J connectivity index is 2.08. The van der Waals surface area contributed by atoms with E-state index < -0.39 is 21.1 Å². The molecule has 1 saturated carbocycles. The van der Waals surface area contributed by atoms with Crippen molar-refractivity contribution in [2.45, 2.75) is 51.2 Å². The first-order valence-corrected chi connectivity index (χ1v) is 11.0. The van der Waals surface area contributed by atoms with E-state index in [1.165, 1.54) is 10.6 Å². The van der Waals surface area contributed by atoms with Crippen LogP contribution in [0.3, 0.4) is 0 Å². The van der Waals surface area contributed by atoms with Crippen LogP contribution in [0.2, 0.25) is 0 Å². The fourth-order valence-corrected chi connectivity index (χ4v) is 4.83. The summed E-state index contributed by atoms with van der Waals surface area (Å²) in [4.78, 5) is 12.7. The van der Waals surface area contributed by atoms with Crippen molar-refractivity contribution in [2.75, 3.05) is 10.0 Å². The number of sulfonamides is 1. The third kappa shape index (κ3) is 4.06. The highest BCUT2D eigenvalue weighted by Gasteiger charge is 2.32. The van der Waals surface area contributed by atoms with E-state index in [-0.39, 0.29) is 22.8 Å². The lowest BCUT2D eigenvalue weighted by Gasteiger charge is -2.27. The minimum atomic E-state index is -3.57. The Labute approximate surface area is 164 Å². The van der Waals surface area contributed by atoms with Crippen molar-refractivity contribution in [3.8, 4) is 0 Å². The van der Waals surface area contributed by atoms with Crippen LogP contribution in [-0.2, 0) is 23.5 Å². The van der Waals surface area contributed by atoms with E-state index in [2.05, 4.69) is 10.0 Å². The van der Waals surface area contributed by atoms with Gasteiger partial charge in [-0.15, -0.1) is 0 Å². The maximum atomic E-state index is 14.3. The van der Waals surface area contributed by atoms with E-state index in [0.717, 1.165) is 18.4 Å². The van der Waals surface area contributed by atoms with Crippen molar-refractivity contribution >= 4 is 27.2 Å². The summed E-state index contributed by atoms with van der Waals surface area (Å²) in [6.07, 6.45) is 3.42. The minimum absolute atomic E-state index is 0.174. The fraction of sp³-hybridized carbons (Fsp3) is 0.450. The zero-order chi connectivity index (χ0) is 20.5. The average Bonchev–Trinajstić information content (AvgIpc) is 2.55. The summed E-state index contributed by atoms with van der Waals surface area (Å²) in [7, 11) is -2.02. The maximum Gasteiger partial charge on any atom is 0.255 e. The number of nitrogens with one attached hydrogen (secondary N) is 2. The van der Waals surface area contributed by atoms with Crippen molar-refractivity contribution in [2.24, 2.45) is 7.05 Å². The van der Waals surface area contributed by atoms with Gasteiger partial charge in [0.25, 0.3) is 5.56 Å². The lowest BCUT2D eigenvalue weighted by atomic mass is 10.0. The second kappa shape index (κ2) is 7.95. The molecule has 1 aliphatic rings. The lowest BCUT2D eigenvalue weighted by Crippen LogP contribution is -2.34. The summed E-state index contributed by atoms with van der Waals surface area (Å²) in [5.74, 6) is -0.256. The van der Waals surface area contributed by atoms with Crippen molar-refractivity contribution in [3.63, 3.8) is 0 Å². The highest BCUT2D eigenvalue weighted by atomic mass is 32.2. The minimum Gasteiger partial charge on any atom is -0.337 e. The first-order valence-electron chi connectivity index (χ1n) is 9.50. The third-order valence-electron chi connectivity index (χ3n) is 5.13. The van der Waals surface area contributed by atoms with E-state index in [4.69, 9.17) is 0 Å². The molecule has 8 heteroatoms. The highest BCUT2D eigenvalue weighted by molar-refractivity contribution is 7.93. The van der Waals surface area contributed by atoms with Crippen molar-refractivity contribution < 1.29 is 12.8 Å². The number of halogens is 1. The molecule has 6 nitrogen and oxygen atoms in total. The summed E-state index contributed by atoms with van der Waals surface area (Å²) >= 11 is 0. The predicted molar refractivity (Wildman–Crippen MR) is 110 cm³/mol. The molecule has 152 valence electrons. The van der Waals surface area contributed by atoms with Crippen LogP contribution in [-0.4, -0.2) is 18.2 Å². The first kappa shape index (κ1) is 20.4. The van der Waals surface area contributed by atoms with Gasteiger partial charge in [0.2, 0.25) is 10.0 Å². The summed E-state index contributed by atoms with van der Waals surface area (Å²) < 4.78 is 43.6. The molecule has 1 heterocycles. The summed E-state index contributed by atoms with van der Waals surface area (Å²) in [6, 6.07) is 6.26. The van der Waals surface area contributed by atoms with Gasteiger partial charge in [-0.05, 0) is 49.9 Å². The molecule has 3 rings (SSSR count). The Bertz CT molecular complexity index is 1040. The summed E-state index contributed by atoms with van der Waals surface area (Å²) in [5.41, 5.74) is 1.49. The molecule has 1 aromatic heterocycles. The van der Waals surface area contributed by atoms with Gasteiger partial charge in [0.15, 0.2) is 0 Å². The Morgan fingerprint density at radius 1 is 1.21 bits per heavy atom. The quantitative estimate of drug-likeness (QED) is 0.731. The molecule has 2 N–H and O–H groups in total. The molecule has 0 atom stereocenters. The molecule has 0 bridgehead atoms. The van der Waals surface area contributed by atoms with Gasteiger partial charge in [-0.1, -0.05) is 25.8 Å². The van der Waals surface area contributed by atoms with Crippen molar-refractivity contribution in [3.05, 3.63) is 51.6 Å². The molecule has 28 heavy (non-hydrogen) atoms. The topological polar surface area (TPSA) is 80.2 Å². The van der Waals surface area contributed by atoms with Gasteiger partial charge in [-0.25, -0.2) is 12.8 Å². The summed E-state index contributed by atoms with van der Waals surface area (Å²) in [6.45, 7) is 3.73. The van der Waals surface area contributed by atoms with Gasteiger partial charge >= 0.3 is 0 Å². The van der Waals surface area contributed by atoms with E-state index in [1.54, 1.807) is 32.2 Å². The molecule has 2 aromatic rings. The number of aryl methyl sites for hydroxylation is 2. The normalized spacial score (nSPS) is 14.6. The molecule has 1 fully saturated rings. The van der Waals surface area contributed by atoms with Crippen LogP contribution in [0.5, 0.6) is 0 Å². The highest BCUT2D eigenvalue weighted by Crippen LogP contribution is 2.32. The van der Waals surface area contributed by atoms with E-state index >= 15 is 0 Å². The van der Waals surface area contributed by atoms with Gasteiger partial charge in [0.05, 0.1) is 16.6 Å². The van der Waals surface area contributed by atoms with Crippen LogP contribution in [0.25, 0.3) is 0 Å². The first-order chi connectivity index (χ1) is 13.2. The Hall–Kier alpha value is -2.35. The molecule has 1 aliphatic carbocycles. The zero-order valence-corrected chi connectivity index (χ0v) is 17.2. The number of nitrogens with zero attached hydrogens (tertiary/aromatic N) is 1. The number of rotatable bonds is 7. The number of anilines is 3. The molecule has 0 aliphatic heterocycles. The number of aromatic nitrogens is 1. The number of pyridine rings is 1.